The van der Waals surface area contributed by atoms with E-state index in [2.05, 4.69) is 20.9 Å². The Balaban J connectivity index is 2.74. The van der Waals surface area contributed by atoms with Crippen molar-refractivity contribution >= 4 is 27.5 Å². The molecule has 0 atom stereocenters. The fourth-order valence-electron chi connectivity index (χ4n) is 1.86. The number of nitrogens with zero attached hydrogens (tertiary/aromatic N) is 1. The average molecular weight is 344 g/mol. The van der Waals surface area contributed by atoms with Crippen LogP contribution in [0.2, 0.25) is 5.15 Å². The summed E-state index contributed by atoms with van der Waals surface area (Å²) in [7, 11) is 0. The molecule has 0 bridgehead atoms. The molecule has 1 heterocycles. The molecule has 0 unspecified atom stereocenters. The molecule has 0 aliphatic carbocycles. The summed E-state index contributed by atoms with van der Waals surface area (Å²) in [4.78, 5) is 26.8. The Kier molecular flexibility index (Phi) is 4.27. The van der Waals surface area contributed by atoms with Gasteiger partial charge in [-0.2, -0.15) is 0 Å². The van der Waals surface area contributed by atoms with Crippen LogP contribution in [0, 0.1) is 0 Å². The average Bonchev–Trinajstić information content (AvgIpc) is 2.34. The Morgan fingerprint density at radius 1 is 1.37 bits per heavy atom. The number of aromatic amines is 1. The summed E-state index contributed by atoms with van der Waals surface area (Å²) in [5, 5.41) is 0.128. The van der Waals surface area contributed by atoms with Gasteiger partial charge in [0.1, 0.15) is 5.15 Å². The van der Waals surface area contributed by atoms with Crippen molar-refractivity contribution in [3.8, 4) is 5.69 Å². The van der Waals surface area contributed by atoms with E-state index in [4.69, 9.17) is 11.6 Å². The van der Waals surface area contributed by atoms with E-state index >= 15 is 0 Å². The summed E-state index contributed by atoms with van der Waals surface area (Å²) >= 11 is 9.24. The summed E-state index contributed by atoms with van der Waals surface area (Å²) in [6.07, 6.45) is 1.31. The number of hydrogen-bond donors (Lipinski definition) is 1. The van der Waals surface area contributed by atoms with E-state index in [0.717, 1.165) is 15.5 Å². The van der Waals surface area contributed by atoms with Crippen molar-refractivity contribution in [2.24, 2.45) is 0 Å². The van der Waals surface area contributed by atoms with Gasteiger partial charge in [0.05, 0.1) is 11.3 Å². The number of aromatic nitrogens is 2. The van der Waals surface area contributed by atoms with Crippen LogP contribution in [-0.4, -0.2) is 9.55 Å². The first-order chi connectivity index (χ1) is 9.04. The molecule has 1 N–H and O–H groups in total. The van der Waals surface area contributed by atoms with Crippen LogP contribution in [0.4, 0.5) is 0 Å². The van der Waals surface area contributed by atoms with Crippen molar-refractivity contribution in [1.82, 2.24) is 9.55 Å². The summed E-state index contributed by atoms with van der Waals surface area (Å²) in [6, 6.07) is 7.00. The van der Waals surface area contributed by atoms with E-state index < -0.39 is 5.69 Å². The number of benzene rings is 1. The van der Waals surface area contributed by atoms with Crippen molar-refractivity contribution in [3.63, 3.8) is 0 Å². The zero-order valence-electron chi connectivity index (χ0n) is 10.2. The van der Waals surface area contributed by atoms with Gasteiger partial charge in [-0.3, -0.25) is 9.78 Å². The van der Waals surface area contributed by atoms with E-state index in [1.807, 2.05) is 13.0 Å². The van der Waals surface area contributed by atoms with E-state index in [1.54, 1.807) is 18.2 Å². The third kappa shape index (κ3) is 2.82. The second-order valence-electron chi connectivity index (χ2n) is 4.09. The molecule has 1 aromatic heterocycles. The summed E-state index contributed by atoms with van der Waals surface area (Å²) in [5.41, 5.74) is 0.0417. The first kappa shape index (κ1) is 14.1. The number of nitrogens with one attached hydrogen (secondary N) is 1. The maximum Gasteiger partial charge on any atom is 0.334 e. The van der Waals surface area contributed by atoms with Crippen LogP contribution in [0.25, 0.3) is 5.69 Å². The lowest BCUT2D eigenvalue weighted by Gasteiger charge is -2.08. The van der Waals surface area contributed by atoms with Gasteiger partial charge < -0.3 is 0 Å². The van der Waals surface area contributed by atoms with Gasteiger partial charge in [0.25, 0.3) is 5.56 Å². The minimum atomic E-state index is -0.534. The molecule has 0 fully saturated rings. The fourth-order valence-corrected chi connectivity index (χ4v) is 2.51. The molecule has 0 aliphatic rings. The number of H-pyrrole nitrogens is 1. The molecule has 0 saturated carbocycles. The van der Waals surface area contributed by atoms with Gasteiger partial charge in [-0.1, -0.05) is 46.9 Å². The van der Waals surface area contributed by atoms with Crippen LogP contribution in [0.5, 0.6) is 0 Å². The molecule has 2 aromatic rings. The van der Waals surface area contributed by atoms with Gasteiger partial charge in [-0.05, 0) is 24.6 Å². The number of halogens is 2. The molecule has 19 heavy (non-hydrogen) atoms. The third-order valence-corrected chi connectivity index (χ3v) is 3.53. The second kappa shape index (κ2) is 5.75. The van der Waals surface area contributed by atoms with Crippen molar-refractivity contribution in [1.29, 1.82) is 0 Å². The van der Waals surface area contributed by atoms with Crippen LogP contribution in [0.15, 0.2) is 38.3 Å². The highest BCUT2D eigenvalue weighted by atomic mass is 79.9. The van der Waals surface area contributed by atoms with Crippen LogP contribution in [-0.2, 0) is 6.42 Å². The van der Waals surface area contributed by atoms with Crippen molar-refractivity contribution in [2.75, 3.05) is 0 Å². The van der Waals surface area contributed by atoms with Gasteiger partial charge in [-0.15, -0.1) is 0 Å². The van der Waals surface area contributed by atoms with Gasteiger partial charge in [0, 0.05) is 4.47 Å². The molecule has 6 heteroatoms. The Morgan fingerprint density at radius 3 is 2.74 bits per heavy atom. The van der Waals surface area contributed by atoms with Crippen molar-refractivity contribution < 1.29 is 0 Å². The minimum Gasteiger partial charge on any atom is -0.297 e. The first-order valence-corrected chi connectivity index (χ1v) is 7.01. The Labute approximate surface area is 123 Å². The number of hydrogen-bond acceptors (Lipinski definition) is 2. The molecule has 0 aliphatic heterocycles. The standard InChI is InChI=1S/C13H12BrClN2O2/c1-2-4-10-11(15)16-13(19)17(12(10)18)9-6-3-5-8(14)7-9/h3,5-7H,2,4H2,1H3,(H,16,19). The fraction of sp³-hybridized carbons (Fsp3) is 0.231. The maximum atomic E-state index is 12.4. The van der Waals surface area contributed by atoms with E-state index in [-0.39, 0.29) is 10.7 Å². The van der Waals surface area contributed by atoms with Crippen molar-refractivity contribution in [2.45, 2.75) is 19.8 Å². The molecule has 100 valence electrons. The normalized spacial score (nSPS) is 10.7. The Morgan fingerprint density at radius 2 is 2.11 bits per heavy atom. The lowest BCUT2D eigenvalue weighted by atomic mass is 10.2. The largest absolute Gasteiger partial charge is 0.334 e. The van der Waals surface area contributed by atoms with Gasteiger partial charge in [-0.25, -0.2) is 9.36 Å². The molecule has 0 spiro atoms. The van der Waals surface area contributed by atoms with Crippen molar-refractivity contribution in [3.05, 3.63) is 60.3 Å². The Bertz CT molecular complexity index is 721. The van der Waals surface area contributed by atoms with E-state index in [1.165, 1.54) is 0 Å². The highest BCUT2D eigenvalue weighted by Crippen LogP contribution is 2.14. The summed E-state index contributed by atoms with van der Waals surface area (Å²) < 4.78 is 1.89. The predicted molar refractivity (Wildman–Crippen MR) is 79.4 cm³/mol. The Hall–Kier alpha value is -1.33. The minimum absolute atomic E-state index is 0.128. The lowest BCUT2D eigenvalue weighted by molar-refractivity contribution is 0.811. The third-order valence-electron chi connectivity index (χ3n) is 2.71. The lowest BCUT2D eigenvalue weighted by Crippen LogP contribution is -2.36. The zero-order valence-corrected chi connectivity index (χ0v) is 12.6. The molecule has 4 nitrogen and oxygen atoms in total. The SMILES string of the molecule is CCCc1c(Cl)[nH]c(=O)n(-c2cccc(Br)c2)c1=O. The van der Waals surface area contributed by atoms with Crippen LogP contribution in [0.1, 0.15) is 18.9 Å². The van der Waals surface area contributed by atoms with Crippen LogP contribution < -0.4 is 11.2 Å². The van der Waals surface area contributed by atoms with Gasteiger partial charge in [0.2, 0.25) is 0 Å². The second-order valence-corrected chi connectivity index (χ2v) is 5.39. The molecule has 0 saturated heterocycles. The quantitative estimate of drug-likeness (QED) is 0.871. The summed E-state index contributed by atoms with van der Waals surface area (Å²) in [5.74, 6) is 0. The van der Waals surface area contributed by atoms with E-state index in [0.29, 0.717) is 17.7 Å². The topological polar surface area (TPSA) is 54.9 Å². The van der Waals surface area contributed by atoms with Crippen LogP contribution in [0.3, 0.4) is 0 Å². The molecular weight excluding hydrogens is 332 g/mol. The first-order valence-electron chi connectivity index (χ1n) is 5.84. The summed E-state index contributed by atoms with van der Waals surface area (Å²) in [6.45, 7) is 1.95. The van der Waals surface area contributed by atoms with Gasteiger partial charge in [0.15, 0.2) is 0 Å². The molecule has 0 amide bonds. The molecule has 0 radical (unpaired) electrons. The van der Waals surface area contributed by atoms with Gasteiger partial charge >= 0.3 is 5.69 Å². The smallest absolute Gasteiger partial charge is 0.297 e. The predicted octanol–water partition coefficient (Wildman–Crippen LogP) is 2.89. The molecular formula is C13H12BrClN2O2. The molecule has 2 rings (SSSR count). The highest BCUT2D eigenvalue weighted by molar-refractivity contribution is 9.10. The number of rotatable bonds is 3. The zero-order chi connectivity index (χ0) is 14.0. The maximum absolute atomic E-state index is 12.4. The molecule has 1 aromatic carbocycles. The monoisotopic (exact) mass is 342 g/mol. The highest BCUT2D eigenvalue weighted by Gasteiger charge is 2.13. The van der Waals surface area contributed by atoms with E-state index in [9.17, 15) is 9.59 Å². The van der Waals surface area contributed by atoms with Crippen LogP contribution >= 0.6 is 27.5 Å².